The summed E-state index contributed by atoms with van der Waals surface area (Å²) >= 11 is 1.65. The normalized spacial score (nSPS) is 12.8. The van der Waals surface area contributed by atoms with Crippen LogP contribution in [-0.2, 0) is 6.54 Å². The van der Waals surface area contributed by atoms with Crippen LogP contribution in [0.25, 0.3) is 0 Å². The van der Waals surface area contributed by atoms with Gasteiger partial charge in [0.1, 0.15) is 5.01 Å². The highest BCUT2D eigenvalue weighted by atomic mass is 32.1. The Bertz CT molecular complexity index is 534. The van der Waals surface area contributed by atoms with E-state index in [2.05, 4.69) is 36.3 Å². The van der Waals surface area contributed by atoms with Crippen LogP contribution in [0.3, 0.4) is 0 Å². The van der Waals surface area contributed by atoms with Gasteiger partial charge in [-0.25, -0.2) is 4.98 Å². The Labute approximate surface area is 124 Å². The molecule has 2 aromatic rings. The van der Waals surface area contributed by atoms with Gasteiger partial charge in [-0.1, -0.05) is 38.1 Å². The average molecular weight is 290 g/mol. The van der Waals surface area contributed by atoms with Crippen LogP contribution in [0.2, 0.25) is 0 Å². The first-order valence-corrected chi connectivity index (χ1v) is 7.84. The van der Waals surface area contributed by atoms with Crippen LogP contribution in [0.15, 0.2) is 29.6 Å². The third-order valence-electron chi connectivity index (χ3n) is 3.27. The van der Waals surface area contributed by atoms with Gasteiger partial charge < -0.3 is 10.4 Å². The smallest absolute Gasteiger partial charge is 0.107 e. The molecule has 2 N–H and O–H groups in total. The number of hydrogen-bond acceptors (Lipinski definition) is 4. The first-order chi connectivity index (χ1) is 9.56. The molecule has 1 atom stereocenters. The molecule has 1 unspecified atom stereocenters. The summed E-state index contributed by atoms with van der Waals surface area (Å²) in [5.74, 6) is 0.521. The molecule has 1 aromatic heterocycles. The Kier molecular flexibility index (Phi) is 5.29. The van der Waals surface area contributed by atoms with E-state index in [1.165, 1.54) is 5.56 Å². The predicted octanol–water partition coefficient (Wildman–Crippen LogP) is 3.40. The molecule has 1 aromatic carbocycles. The standard InChI is InChI=1S/C16H22N2OS/c1-11(2)13-4-6-14(7-5-13)15(19)8-17-9-16-18-12(3)10-20-16/h4-7,10-11,15,17,19H,8-9H2,1-3H3. The summed E-state index contributed by atoms with van der Waals surface area (Å²) in [5, 5.41) is 16.5. The highest BCUT2D eigenvalue weighted by molar-refractivity contribution is 7.09. The maximum atomic E-state index is 10.2. The van der Waals surface area contributed by atoms with Crippen molar-refractivity contribution in [3.8, 4) is 0 Å². The van der Waals surface area contributed by atoms with Crippen LogP contribution in [0.4, 0.5) is 0 Å². The van der Waals surface area contributed by atoms with Gasteiger partial charge in [-0.3, -0.25) is 0 Å². The first-order valence-electron chi connectivity index (χ1n) is 6.96. The molecule has 0 saturated heterocycles. The van der Waals surface area contributed by atoms with Crippen LogP contribution in [0.1, 0.15) is 47.7 Å². The number of nitrogens with zero attached hydrogens (tertiary/aromatic N) is 1. The quantitative estimate of drug-likeness (QED) is 0.857. The maximum Gasteiger partial charge on any atom is 0.107 e. The summed E-state index contributed by atoms with van der Waals surface area (Å²) in [7, 11) is 0. The predicted molar refractivity (Wildman–Crippen MR) is 84.0 cm³/mol. The van der Waals surface area contributed by atoms with Crippen LogP contribution in [-0.4, -0.2) is 16.6 Å². The molecule has 1 heterocycles. The van der Waals surface area contributed by atoms with Crippen molar-refractivity contribution in [1.82, 2.24) is 10.3 Å². The number of benzene rings is 1. The number of rotatable bonds is 6. The van der Waals surface area contributed by atoms with Gasteiger partial charge in [0.05, 0.1) is 6.10 Å². The SMILES string of the molecule is Cc1csc(CNCC(O)c2ccc(C(C)C)cc2)n1. The van der Waals surface area contributed by atoms with E-state index in [-0.39, 0.29) is 0 Å². The van der Waals surface area contributed by atoms with Crippen molar-refractivity contribution in [3.05, 3.63) is 51.5 Å². The van der Waals surface area contributed by atoms with Crippen molar-refractivity contribution in [3.63, 3.8) is 0 Å². The second-order valence-electron chi connectivity index (χ2n) is 5.35. The summed E-state index contributed by atoms with van der Waals surface area (Å²) < 4.78 is 0. The Morgan fingerprint density at radius 2 is 1.85 bits per heavy atom. The molecule has 0 amide bonds. The van der Waals surface area contributed by atoms with Crippen LogP contribution in [0, 0.1) is 6.92 Å². The summed E-state index contributed by atoms with van der Waals surface area (Å²) in [6, 6.07) is 8.20. The molecular formula is C16H22N2OS. The summed E-state index contributed by atoms with van der Waals surface area (Å²) in [4.78, 5) is 4.39. The van der Waals surface area contributed by atoms with E-state index in [9.17, 15) is 5.11 Å². The van der Waals surface area contributed by atoms with Crippen molar-refractivity contribution in [1.29, 1.82) is 0 Å². The minimum absolute atomic E-state index is 0.475. The second kappa shape index (κ2) is 6.97. The monoisotopic (exact) mass is 290 g/mol. The van der Waals surface area contributed by atoms with Crippen molar-refractivity contribution < 1.29 is 5.11 Å². The maximum absolute atomic E-state index is 10.2. The average Bonchev–Trinajstić information content (AvgIpc) is 2.84. The molecule has 0 aliphatic rings. The number of aryl methyl sites for hydroxylation is 1. The van der Waals surface area contributed by atoms with Gasteiger partial charge in [0, 0.05) is 24.2 Å². The topological polar surface area (TPSA) is 45.1 Å². The minimum Gasteiger partial charge on any atom is -0.387 e. The van der Waals surface area contributed by atoms with Gasteiger partial charge in [0.2, 0.25) is 0 Å². The highest BCUT2D eigenvalue weighted by Crippen LogP contribution is 2.18. The zero-order valence-corrected chi connectivity index (χ0v) is 13.1. The molecule has 0 spiro atoms. The zero-order chi connectivity index (χ0) is 14.5. The lowest BCUT2D eigenvalue weighted by Crippen LogP contribution is -2.21. The Balaban J connectivity index is 1.83. The molecule has 4 heteroatoms. The van der Waals surface area contributed by atoms with Crippen molar-refractivity contribution in [2.24, 2.45) is 0 Å². The van der Waals surface area contributed by atoms with Gasteiger partial charge in [0.25, 0.3) is 0 Å². The van der Waals surface area contributed by atoms with E-state index < -0.39 is 6.10 Å². The van der Waals surface area contributed by atoms with Gasteiger partial charge in [0.15, 0.2) is 0 Å². The molecule has 0 aliphatic carbocycles. The van der Waals surface area contributed by atoms with Crippen molar-refractivity contribution >= 4 is 11.3 Å². The first kappa shape index (κ1) is 15.2. The number of aliphatic hydroxyl groups excluding tert-OH is 1. The number of aliphatic hydroxyl groups is 1. The third kappa shape index (κ3) is 4.13. The van der Waals surface area contributed by atoms with Crippen molar-refractivity contribution in [2.45, 2.75) is 39.3 Å². The molecule has 0 bridgehead atoms. The second-order valence-corrected chi connectivity index (χ2v) is 6.29. The zero-order valence-electron chi connectivity index (χ0n) is 12.3. The lowest BCUT2D eigenvalue weighted by molar-refractivity contribution is 0.174. The molecule has 108 valence electrons. The number of nitrogens with one attached hydrogen (secondary N) is 1. The third-order valence-corrected chi connectivity index (χ3v) is 4.24. The van der Waals surface area contributed by atoms with Gasteiger partial charge in [-0.2, -0.15) is 0 Å². The molecule has 3 nitrogen and oxygen atoms in total. The fourth-order valence-electron chi connectivity index (χ4n) is 2.02. The minimum atomic E-state index is -0.475. The lowest BCUT2D eigenvalue weighted by Gasteiger charge is -2.13. The summed E-state index contributed by atoms with van der Waals surface area (Å²) in [6.07, 6.45) is -0.475. The fraction of sp³-hybridized carbons (Fsp3) is 0.438. The van der Waals surface area contributed by atoms with E-state index in [1.807, 2.05) is 24.4 Å². The summed E-state index contributed by atoms with van der Waals surface area (Å²) in [5.41, 5.74) is 3.31. The Morgan fingerprint density at radius 3 is 2.40 bits per heavy atom. The van der Waals surface area contributed by atoms with E-state index in [1.54, 1.807) is 11.3 Å². The highest BCUT2D eigenvalue weighted by Gasteiger charge is 2.08. The van der Waals surface area contributed by atoms with Crippen LogP contribution < -0.4 is 5.32 Å². The molecule has 0 radical (unpaired) electrons. The van der Waals surface area contributed by atoms with E-state index in [0.717, 1.165) is 16.3 Å². The molecule has 0 fully saturated rings. The molecular weight excluding hydrogens is 268 g/mol. The van der Waals surface area contributed by atoms with E-state index in [0.29, 0.717) is 19.0 Å². The number of hydrogen-bond donors (Lipinski definition) is 2. The number of thiazole rings is 1. The largest absolute Gasteiger partial charge is 0.387 e. The van der Waals surface area contributed by atoms with E-state index in [4.69, 9.17) is 0 Å². The van der Waals surface area contributed by atoms with Crippen molar-refractivity contribution in [2.75, 3.05) is 6.54 Å². The Hall–Kier alpha value is -1.23. The van der Waals surface area contributed by atoms with E-state index >= 15 is 0 Å². The summed E-state index contributed by atoms with van der Waals surface area (Å²) in [6.45, 7) is 7.58. The van der Waals surface area contributed by atoms with Crippen LogP contribution >= 0.6 is 11.3 Å². The fourth-order valence-corrected chi connectivity index (χ4v) is 2.76. The lowest BCUT2D eigenvalue weighted by atomic mass is 10.00. The molecule has 0 aliphatic heterocycles. The molecule has 0 saturated carbocycles. The number of aromatic nitrogens is 1. The molecule has 20 heavy (non-hydrogen) atoms. The van der Waals surface area contributed by atoms with Gasteiger partial charge >= 0.3 is 0 Å². The van der Waals surface area contributed by atoms with Crippen LogP contribution in [0.5, 0.6) is 0 Å². The van der Waals surface area contributed by atoms with Gasteiger partial charge in [-0.05, 0) is 24.0 Å². The molecule has 2 rings (SSSR count). The Morgan fingerprint density at radius 1 is 1.20 bits per heavy atom. The van der Waals surface area contributed by atoms with Gasteiger partial charge in [-0.15, -0.1) is 11.3 Å².